The average molecular weight is 447 g/mol. The minimum atomic E-state index is -0.144. The van der Waals surface area contributed by atoms with Crippen molar-refractivity contribution in [2.75, 3.05) is 25.9 Å². The minimum Gasteiger partial charge on any atom is -0.357 e. The molecule has 170 valence electrons. The monoisotopic (exact) mass is 446 g/mol. The third kappa shape index (κ3) is 6.21. The molecule has 6 nitrogen and oxygen atoms in total. The molecular formula is C23H35FN6S. The molecule has 1 saturated carbocycles. The van der Waals surface area contributed by atoms with Crippen LogP contribution in [-0.4, -0.2) is 46.6 Å². The topological polar surface area (TPSA) is 67.1 Å². The van der Waals surface area contributed by atoms with Crippen molar-refractivity contribution < 1.29 is 4.39 Å². The zero-order valence-corrected chi connectivity index (χ0v) is 19.9. The molecule has 0 amide bonds. The summed E-state index contributed by atoms with van der Waals surface area (Å²) in [5, 5.41) is 16.4. The molecule has 1 aliphatic carbocycles. The number of aliphatic imine (C=N–C) groups is 1. The van der Waals surface area contributed by atoms with Crippen molar-refractivity contribution in [3.05, 3.63) is 41.5 Å². The Labute approximate surface area is 189 Å². The summed E-state index contributed by atoms with van der Waals surface area (Å²) in [5.74, 6) is 2.26. The van der Waals surface area contributed by atoms with Gasteiger partial charge in [-0.3, -0.25) is 4.99 Å². The third-order valence-electron chi connectivity index (χ3n) is 5.58. The average Bonchev–Trinajstić information content (AvgIpc) is 3.44. The Kier molecular flexibility index (Phi) is 8.35. The van der Waals surface area contributed by atoms with Crippen molar-refractivity contribution in [2.45, 2.75) is 63.6 Å². The molecule has 1 aromatic carbocycles. The van der Waals surface area contributed by atoms with Gasteiger partial charge in [0.1, 0.15) is 11.6 Å². The van der Waals surface area contributed by atoms with Gasteiger partial charge in [0.25, 0.3) is 0 Å². The van der Waals surface area contributed by atoms with E-state index in [2.05, 4.69) is 46.2 Å². The lowest BCUT2D eigenvalue weighted by atomic mass is 9.95. The van der Waals surface area contributed by atoms with E-state index in [0.717, 1.165) is 67.8 Å². The lowest BCUT2D eigenvalue weighted by Gasteiger charge is -2.16. The van der Waals surface area contributed by atoms with Crippen molar-refractivity contribution in [3.8, 4) is 0 Å². The number of benzene rings is 1. The molecule has 8 heteroatoms. The van der Waals surface area contributed by atoms with Crippen LogP contribution in [0.25, 0.3) is 0 Å². The van der Waals surface area contributed by atoms with Crippen LogP contribution in [-0.2, 0) is 18.4 Å². The van der Waals surface area contributed by atoms with Crippen LogP contribution < -0.4 is 10.6 Å². The van der Waals surface area contributed by atoms with Gasteiger partial charge in [0.2, 0.25) is 0 Å². The zero-order chi connectivity index (χ0) is 22.3. The molecule has 0 bridgehead atoms. The van der Waals surface area contributed by atoms with Gasteiger partial charge in [-0.15, -0.1) is 10.2 Å². The zero-order valence-electron chi connectivity index (χ0n) is 19.1. The second-order valence-electron chi connectivity index (χ2n) is 8.59. The number of hydrogen-bond acceptors (Lipinski definition) is 4. The highest BCUT2D eigenvalue weighted by Gasteiger charge is 2.45. The van der Waals surface area contributed by atoms with Crippen LogP contribution in [0.3, 0.4) is 0 Å². The Balaban J connectivity index is 1.55. The van der Waals surface area contributed by atoms with E-state index in [1.165, 1.54) is 0 Å². The standard InChI is InChI=1S/C23H35FN6S/c1-5-25-21(27-16-23(12-13-23)18-9-6-7-10-19(18)24)26-14-8-11-20-28-29-22(31-4)30(20)15-17(2)3/h6-7,9-10,17H,5,8,11-16H2,1-4H3,(H2,25,26,27). The van der Waals surface area contributed by atoms with E-state index in [9.17, 15) is 4.39 Å². The first-order valence-corrected chi connectivity index (χ1v) is 12.4. The summed E-state index contributed by atoms with van der Waals surface area (Å²) in [7, 11) is 0. The first kappa shape index (κ1) is 23.6. The lowest BCUT2D eigenvalue weighted by molar-refractivity contribution is 0.477. The molecule has 3 rings (SSSR count). The summed E-state index contributed by atoms with van der Waals surface area (Å²) in [4.78, 5) is 4.78. The molecule has 2 N–H and O–H groups in total. The van der Waals surface area contributed by atoms with Gasteiger partial charge in [0.15, 0.2) is 11.1 Å². The SMILES string of the molecule is CCNC(=NCC1(c2ccccc2F)CC1)NCCCc1nnc(SC)n1CC(C)C. The molecule has 1 aliphatic rings. The third-order valence-corrected chi connectivity index (χ3v) is 6.24. The largest absolute Gasteiger partial charge is 0.357 e. The molecule has 0 unspecified atom stereocenters. The molecule has 0 aliphatic heterocycles. The van der Waals surface area contributed by atoms with Crippen LogP contribution in [0.1, 0.15) is 51.4 Å². The van der Waals surface area contributed by atoms with Gasteiger partial charge < -0.3 is 15.2 Å². The summed E-state index contributed by atoms with van der Waals surface area (Å²) in [5.41, 5.74) is 0.651. The molecule has 2 aromatic rings. The Morgan fingerprint density at radius 1 is 1.26 bits per heavy atom. The molecule has 1 heterocycles. The number of thioether (sulfide) groups is 1. The highest BCUT2D eigenvalue weighted by molar-refractivity contribution is 7.98. The van der Waals surface area contributed by atoms with E-state index in [-0.39, 0.29) is 11.2 Å². The number of rotatable bonds is 11. The van der Waals surface area contributed by atoms with Crippen LogP contribution in [0.4, 0.5) is 4.39 Å². The van der Waals surface area contributed by atoms with Gasteiger partial charge in [-0.05, 0) is 50.0 Å². The molecular weight excluding hydrogens is 411 g/mol. The number of aromatic nitrogens is 3. The fourth-order valence-corrected chi connectivity index (χ4v) is 4.31. The normalized spacial score (nSPS) is 15.4. The number of hydrogen-bond donors (Lipinski definition) is 2. The number of nitrogens with zero attached hydrogens (tertiary/aromatic N) is 4. The van der Waals surface area contributed by atoms with Crippen LogP contribution in [0.15, 0.2) is 34.4 Å². The van der Waals surface area contributed by atoms with Crippen LogP contribution in [0.2, 0.25) is 0 Å². The summed E-state index contributed by atoms with van der Waals surface area (Å²) in [6.07, 6.45) is 5.82. The second-order valence-corrected chi connectivity index (χ2v) is 9.37. The van der Waals surface area contributed by atoms with Crippen molar-refractivity contribution in [3.63, 3.8) is 0 Å². The number of nitrogens with one attached hydrogen (secondary N) is 2. The predicted octanol–water partition coefficient (Wildman–Crippen LogP) is 4.01. The maximum Gasteiger partial charge on any atom is 0.191 e. The second kappa shape index (κ2) is 11.0. The minimum absolute atomic E-state index is 0.122. The fourth-order valence-electron chi connectivity index (χ4n) is 3.78. The predicted molar refractivity (Wildman–Crippen MR) is 126 cm³/mol. The Morgan fingerprint density at radius 2 is 2.03 bits per heavy atom. The smallest absolute Gasteiger partial charge is 0.191 e. The van der Waals surface area contributed by atoms with Crippen LogP contribution in [0.5, 0.6) is 0 Å². The lowest BCUT2D eigenvalue weighted by Crippen LogP contribution is -2.38. The molecule has 0 spiro atoms. The van der Waals surface area contributed by atoms with Gasteiger partial charge >= 0.3 is 0 Å². The van der Waals surface area contributed by atoms with Crippen molar-refractivity contribution in [1.29, 1.82) is 0 Å². The molecule has 1 aromatic heterocycles. The van der Waals surface area contributed by atoms with Gasteiger partial charge in [-0.1, -0.05) is 43.8 Å². The number of guanidine groups is 1. The maximum absolute atomic E-state index is 14.3. The van der Waals surface area contributed by atoms with E-state index in [1.54, 1.807) is 23.9 Å². The Hall–Kier alpha value is -2.09. The summed E-state index contributed by atoms with van der Waals surface area (Å²) in [6, 6.07) is 7.09. The number of aryl methyl sites for hydroxylation is 1. The first-order valence-electron chi connectivity index (χ1n) is 11.2. The van der Waals surface area contributed by atoms with Crippen LogP contribution in [0, 0.1) is 11.7 Å². The summed E-state index contributed by atoms with van der Waals surface area (Å²) >= 11 is 1.64. The van der Waals surface area contributed by atoms with Crippen molar-refractivity contribution in [2.24, 2.45) is 10.9 Å². The number of halogens is 1. The van der Waals surface area contributed by atoms with E-state index in [1.807, 2.05) is 18.4 Å². The molecule has 0 saturated heterocycles. The Morgan fingerprint density at radius 3 is 2.68 bits per heavy atom. The van der Waals surface area contributed by atoms with Crippen LogP contribution >= 0.6 is 11.8 Å². The molecule has 1 fully saturated rings. The quantitative estimate of drug-likeness (QED) is 0.236. The van der Waals surface area contributed by atoms with E-state index >= 15 is 0 Å². The highest BCUT2D eigenvalue weighted by atomic mass is 32.2. The van der Waals surface area contributed by atoms with E-state index in [0.29, 0.717) is 12.5 Å². The summed E-state index contributed by atoms with van der Waals surface area (Å²) in [6.45, 7) is 9.60. The molecule has 0 atom stereocenters. The van der Waals surface area contributed by atoms with Crippen molar-refractivity contribution >= 4 is 17.7 Å². The van der Waals surface area contributed by atoms with Gasteiger partial charge in [-0.25, -0.2) is 4.39 Å². The van der Waals surface area contributed by atoms with Gasteiger partial charge in [0.05, 0.1) is 6.54 Å². The highest BCUT2D eigenvalue weighted by Crippen LogP contribution is 2.49. The van der Waals surface area contributed by atoms with E-state index in [4.69, 9.17) is 4.99 Å². The first-order chi connectivity index (χ1) is 15.0. The maximum atomic E-state index is 14.3. The molecule has 31 heavy (non-hydrogen) atoms. The molecule has 0 radical (unpaired) electrons. The fraction of sp³-hybridized carbons (Fsp3) is 0.609. The Bertz CT molecular complexity index is 875. The van der Waals surface area contributed by atoms with E-state index < -0.39 is 0 Å². The summed E-state index contributed by atoms with van der Waals surface area (Å²) < 4.78 is 16.5. The van der Waals surface area contributed by atoms with Crippen molar-refractivity contribution in [1.82, 2.24) is 25.4 Å². The van der Waals surface area contributed by atoms with Gasteiger partial charge in [-0.2, -0.15) is 0 Å². The van der Waals surface area contributed by atoms with Gasteiger partial charge in [0, 0.05) is 31.5 Å².